The van der Waals surface area contributed by atoms with Gasteiger partial charge in [0.1, 0.15) is 0 Å². The number of nitrogens with one attached hydrogen (secondary N) is 1. The number of nitrogens with zero attached hydrogens (tertiary/aromatic N) is 3. The van der Waals surface area contributed by atoms with Gasteiger partial charge in [-0.2, -0.15) is 5.10 Å². The molecule has 0 spiro atoms. The van der Waals surface area contributed by atoms with Crippen molar-refractivity contribution in [3.8, 4) is 5.82 Å². The van der Waals surface area contributed by atoms with E-state index in [9.17, 15) is 0 Å². The van der Waals surface area contributed by atoms with Crippen LogP contribution in [0.4, 0.5) is 5.69 Å². The number of halogens is 1. The van der Waals surface area contributed by atoms with Crippen molar-refractivity contribution in [1.82, 2.24) is 14.8 Å². The van der Waals surface area contributed by atoms with Gasteiger partial charge in [0.15, 0.2) is 5.82 Å². The molecule has 1 unspecified atom stereocenters. The molecule has 0 aliphatic heterocycles. The Morgan fingerprint density at radius 3 is 2.67 bits per heavy atom. The van der Waals surface area contributed by atoms with E-state index < -0.39 is 0 Å². The number of benzene rings is 1. The molecule has 0 aliphatic rings. The van der Waals surface area contributed by atoms with Gasteiger partial charge in [0.25, 0.3) is 0 Å². The molecule has 0 aliphatic carbocycles. The molecule has 4 nitrogen and oxygen atoms in total. The number of rotatable bonds is 4. The van der Waals surface area contributed by atoms with Crippen molar-refractivity contribution in [1.29, 1.82) is 0 Å². The molecule has 3 aromatic rings. The predicted molar refractivity (Wildman–Crippen MR) is 87.5 cm³/mol. The normalized spacial score (nSPS) is 12.1. The van der Waals surface area contributed by atoms with Gasteiger partial charge in [-0.3, -0.25) is 0 Å². The van der Waals surface area contributed by atoms with Gasteiger partial charge in [-0.25, -0.2) is 9.67 Å². The molecule has 0 radical (unpaired) electrons. The second-order valence-electron chi connectivity index (χ2n) is 4.74. The molecule has 0 bridgehead atoms. The molecular formula is C16H15BrN4. The fraction of sp³-hybridized carbons (Fsp3) is 0.125. The van der Waals surface area contributed by atoms with E-state index in [0.717, 1.165) is 16.0 Å². The van der Waals surface area contributed by atoms with Crippen molar-refractivity contribution in [2.75, 3.05) is 5.32 Å². The number of anilines is 1. The minimum Gasteiger partial charge on any atom is -0.377 e. The third kappa shape index (κ3) is 3.13. The highest BCUT2D eigenvalue weighted by Gasteiger charge is 2.08. The van der Waals surface area contributed by atoms with E-state index in [4.69, 9.17) is 0 Å². The van der Waals surface area contributed by atoms with Gasteiger partial charge in [0.05, 0.1) is 11.9 Å². The first-order chi connectivity index (χ1) is 10.2. The van der Waals surface area contributed by atoms with Crippen LogP contribution in [-0.2, 0) is 0 Å². The number of pyridine rings is 1. The maximum Gasteiger partial charge on any atom is 0.153 e. The molecule has 0 amide bonds. The number of hydrogen-bond donors (Lipinski definition) is 1. The first kappa shape index (κ1) is 13.8. The van der Waals surface area contributed by atoms with Crippen LogP contribution < -0.4 is 5.32 Å². The van der Waals surface area contributed by atoms with Gasteiger partial charge in [-0.05, 0) is 36.8 Å². The lowest BCUT2D eigenvalue weighted by Crippen LogP contribution is -2.08. The molecule has 106 valence electrons. The van der Waals surface area contributed by atoms with E-state index in [1.807, 2.05) is 48.8 Å². The van der Waals surface area contributed by atoms with Crippen molar-refractivity contribution in [3.63, 3.8) is 0 Å². The lowest BCUT2D eigenvalue weighted by molar-refractivity contribution is 0.842. The predicted octanol–water partition coefficient (Wildman–Crippen LogP) is 4.20. The minimum absolute atomic E-state index is 0.193. The van der Waals surface area contributed by atoms with Crippen molar-refractivity contribution in [3.05, 3.63) is 71.1 Å². The molecule has 2 heterocycles. The van der Waals surface area contributed by atoms with Crippen LogP contribution in [0.25, 0.3) is 5.82 Å². The van der Waals surface area contributed by atoms with Gasteiger partial charge in [0, 0.05) is 22.9 Å². The topological polar surface area (TPSA) is 42.7 Å². The van der Waals surface area contributed by atoms with Crippen molar-refractivity contribution >= 4 is 21.6 Å². The highest BCUT2D eigenvalue weighted by atomic mass is 79.9. The Kier molecular flexibility index (Phi) is 4.01. The van der Waals surface area contributed by atoms with Crippen molar-refractivity contribution in [2.24, 2.45) is 0 Å². The van der Waals surface area contributed by atoms with Crippen LogP contribution in [-0.4, -0.2) is 14.8 Å². The fourth-order valence-corrected chi connectivity index (χ4v) is 2.79. The number of hydrogen-bond acceptors (Lipinski definition) is 3. The average Bonchev–Trinajstić information content (AvgIpc) is 3.02. The Morgan fingerprint density at radius 2 is 2.00 bits per heavy atom. The lowest BCUT2D eigenvalue weighted by Gasteiger charge is -2.17. The summed E-state index contributed by atoms with van der Waals surface area (Å²) in [5.41, 5.74) is 2.20. The van der Waals surface area contributed by atoms with Crippen LogP contribution in [0.3, 0.4) is 0 Å². The van der Waals surface area contributed by atoms with Crippen LogP contribution in [0.1, 0.15) is 18.5 Å². The molecule has 3 rings (SSSR count). The molecule has 0 fully saturated rings. The molecule has 1 aromatic carbocycles. The second-order valence-corrected chi connectivity index (χ2v) is 5.60. The first-order valence-electron chi connectivity index (χ1n) is 6.71. The quantitative estimate of drug-likeness (QED) is 0.772. The van der Waals surface area contributed by atoms with Crippen molar-refractivity contribution < 1.29 is 0 Å². The summed E-state index contributed by atoms with van der Waals surface area (Å²) in [6.07, 6.45) is 5.44. The largest absolute Gasteiger partial charge is 0.377 e. The molecule has 2 aromatic heterocycles. The van der Waals surface area contributed by atoms with Crippen LogP contribution in [0.5, 0.6) is 0 Å². The molecule has 1 atom stereocenters. The summed E-state index contributed by atoms with van der Waals surface area (Å²) in [4.78, 5) is 4.42. The smallest absolute Gasteiger partial charge is 0.153 e. The van der Waals surface area contributed by atoms with E-state index in [0.29, 0.717) is 0 Å². The summed E-state index contributed by atoms with van der Waals surface area (Å²) in [5, 5.41) is 7.61. The zero-order valence-electron chi connectivity index (χ0n) is 11.6. The summed E-state index contributed by atoms with van der Waals surface area (Å²) >= 11 is 3.58. The zero-order chi connectivity index (χ0) is 14.7. The van der Waals surface area contributed by atoms with Crippen LogP contribution >= 0.6 is 15.9 Å². The molecule has 0 saturated heterocycles. The van der Waals surface area contributed by atoms with Gasteiger partial charge >= 0.3 is 0 Å². The van der Waals surface area contributed by atoms with Gasteiger partial charge < -0.3 is 5.32 Å². The van der Waals surface area contributed by atoms with Crippen LogP contribution in [0, 0.1) is 0 Å². The lowest BCUT2D eigenvalue weighted by atomic mass is 10.1. The van der Waals surface area contributed by atoms with Crippen LogP contribution in [0.2, 0.25) is 0 Å². The van der Waals surface area contributed by atoms with E-state index in [2.05, 4.69) is 44.3 Å². The van der Waals surface area contributed by atoms with Crippen molar-refractivity contribution in [2.45, 2.75) is 13.0 Å². The first-order valence-corrected chi connectivity index (χ1v) is 7.50. The van der Waals surface area contributed by atoms with E-state index in [1.165, 1.54) is 5.56 Å². The van der Waals surface area contributed by atoms with E-state index in [1.54, 1.807) is 10.9 Å². The SMILES string of the molecule is CC(Nc1ccc(-n2cccn2)nc1)c1ccccc1Br. The summed E-state index contributed by atoms with van der Waals surface area (Å²) in [6, 6.07) is 14.2. The average molecular weight is 343 g/mol. The molecule has 0 saturated carbocycles. The van der Waals surface area contributed by atoms with Crippen LogP contribution in [0.15, 0.2) is 65.5 Å². The Balaban J connectivity index is 1.75. The Bertz CT molecular complexity index is 707. The fourth-order valence-electron chi connectivity index (χ4n) is 2.17. The van der Waals surface area contributed by atoms with Gasteiger partial charge in [-0.1, -0.05) is 34.1 Å². The maximum absolute atomic E-state index is 4.42. The Morgan fingerprint density at radius 1 is 1.14 bits per heavy atom. The monoisotopic (exact) mass is 342 g/mol. The van der Waals surface area contributed by atoms with Gasteiger partial charge in [-0.15, -0.1) is 0 Å². The van der Waals surface area contributed by atoms with E-state index in [-0.39, 0.29) is 6.04 Å². The summed E-state index contributed by atoms with van der Waals surface area (Å²) in [6.45, 7) is 2.13. The minimum atomic E-state index is 0.193. The van der Waals surface area contributed by atoms with Gasteiger partial charge in [0.2, 0.25) is 0 Å². The zero-order valence-corrected chi connectivity index (χ0v) is 13.2. The van der Waals surface area contributed by atoms with E-state index >= 15 is 0 Å². The molecule has 5 heteroatoms. The third-order valence-electron chi connectivity index (χ3n) is 3.24. The number of aromatic nitrogens is 3. The summed E-state index contributed by atoms with van der Waals surface area (Å²) in [5.74, 6) is 0.805. The summed E-state index contributed by atoms with van der Waals surface area (Å²) in [7, 11) is 0. The molecule has 21 heavy (non-hydrogen) atoms. The maximum atomic E-state index is 4.42. The third-order valence-corrected chi connectivity index (χ3v) is 3.96. The Labute approximate surface area is 132 Å². The highest BCUT2D eigenvalue weighted by Crippen LogP contribution is 2.25. The summed E-state index contributed by atoms with van der Waals surface area (Å²) < 4.78 is 2.84. The Hall–Kier alpha value is -2.14. The standard InChI is InChI=1S/C16H15BrN4/c1-12(14-5-2-3-6-15(14)17)20-13-7-8-16(18-11-13)21-10-4-9-19-21/h2-12,20H,1H3. The highest BCUT2D eigenvalue weighted by molar-refractivity contribution is 9.10. The second kappa shape index (κ2) is 6.10. The molecular weight excluding hydrogens is 328 g/mol. The molecule has 1 N–H and O–H groups in total.